The molecular weight excluding hydrogens is 175 g/mol. The predicted molar refractivity (Wildman–Crippen MR) is 59.7 cm³/mol. The molecule has 0 bridgehead atoms. The van der Waals surface area contributed by atoms with Gasteiger partial charge in [0.25, 0.3) is 0 Å². The van der Waals surface area contributed by atoms with E-state index in [1.165, 1.54) is 0 Å². The molecule has 0 heterocycles. The van der Waals surface area contributed by atoms with Crippen molar-refractivity contribution in [1.29, 1.82) is 0 Å². The quantitative estimate of drug-likeness (QED) is 0.599. The Balaban J connectivity index is 2.43. The maximum absolute atomic E-state index is 13.3. The van der Waals surface area contributed by atoms with Crippen molar-refractivity contribution in [1.82, 2.24) is 0 Å². The number of hydrogen-bond acceptors (Lipinski definition) is 0. The zero-order valence-corrected chi connectivity index (χ0v) is 8.67. The predicted octanol–water partition coefficient (Wildman–Crippen LogP) is 4.58. The van der Waals surface area contributed by atoms with Crippen molar-refractivity contribution >= 4 is 6.08 Å². The van der Waals surface area contributed by atoms with E-state index in [-0.39, 0.29) is 5.83 Å². The van der Waals surface area contributed by atoms with E-state index < -0.39 is 0 Å². The molecule has 1 aromatic carbocycles. The highest BCUT2D eigenvalue weighted by Gasteiger charge is 1.95. The average molecular weight is 192 g/mol. The van der Waals surface area contributed by atoms with E-state index in [9.17, 15) is 4.39 Å². The molecule has 0 radical (unpaired) electrons. The normalized spacial score (nSPS) is 11.7. The number of allylic oxidation sites excluding steroid dienone is 1. The summed E-state index contributed by atoms with van der Waals surface area (Å²) in [4.78, 5) is 0. The van der Waals surface area contributed by atoms with Crippen LogP contribution in [0.25, 0.3) is 6.08 Å². The minimum Gasteiger partial charge on any atom is -0.212 e. The van der Waals surface area contributed by atoms with Gasteiger partial charge in [0.05, 0.1) is 0 Å². The van der Waals surface area contributed by atoms with Crippen LogP contribution in [0.1, 0.15) is 38.2 Å². The Kier molecular flexibility index (Phi) is 4.98. The highest BCUT2D eigenvalue weighted by atomic mass is 19.1. The Morgan fingerprint density at radius 3 is 2.57 bits per heavy atom. The van der Waals surface area contributed by atoms with E-state index in [0.717, 1.165) is 24.8 Å². The van der Waals surface area contributed by atoms with Gasteiger partial charge in [-0.1, -0.05) is 50.1 Å². The van der Waals surface area contributed by atoms with Crippen LogP contribution in [0, 0.1) is 0 Å². The van der Waals surface area contributed by atoms with Gasteiger partial charge in [-0.2, -0.15) is 0 Å². The van der Waals surface area contributed by atoms with Gasteiger partial charge in [0.1, 0.15) is 5.83 Å². The molecule has 0 saturated heterocycles. The second-order valence-electron chi connectivity index (χ2n) is 3.46. The summed E-state index contributed by atoms with van der Waals surface area (Å²) in [5.74, 6) is -0.00958. The lowest BCUT2D eigenvalue weighted by Gasteiger charge is -1.97. The second kappa shape index (κ2) is 6.36. The van der Waals surface area contributed by atoms with Crippen molar-refractivity contribution in [3.05, 3.63) is 41.7 Å². The molecule has 0 aromatic heterocycles. The third-order valence-corrected chi connectivity index (χ3v) is 2.14. The molecule has 0 amide bonds. The molecule has 0 atom stereocenters. The van der Waals surface area contributed by atoms with Crippen LogP contribution >= 0.6 is 0 Å². The average Bonchev–Trinajstić information content (AvgIpc) is 2.20. The van der Waals surface area contributed by atoms with Crippen molar-refractivity contribution in [3.8, 4) is 0 Å². The fourth-order valence-electron chi connectivity index (χ4n) is 1.35. The summed E-state index contributed by atoms with van der Waals surface area (Å²) in [6.07, 6.45) is 5.39. The van der Waals surface area contributed by atoms with Crippen LogP contribution in [0.3, 0.4) is 0 Å². The number of benzene rings is 1. The molecule has 0 spiro atoms. The van der Waals surface area contributed by atoms with Gasteiger partial charge in [-0.15, -0.1) is 0 Å². The van der Waals surface area contributed by atoms with Gasteiger partial charge in [-0.25, -0.2) is 4.39 Å². The topological polar surface area (TPSA) is 0 Å². The van der Waals surface area contributed by atoms with Crippen molar-refractivity contribution in [2.45, 2.75) is 32.6 Å². The van der Waals surface area contributed by atoms with Crippen molar-refractivity contribution < 1.29 is 4.39 Å². The Hall–Kier alpha value is -1.11. The number of rotatable bonds is 5. The molecule has 0 saturated carbocycles. The summed E-state index contributed by atoms with van der Waals surface area (Å²) in [7, 11) is 0. The lowest BCUT2D eigenvalue weighted by molar-refractivity contribution is 0.567. The lowest BCUT2D eigenvalue weighted by atomic mass is 10.1. The van der Waals surface area contributed by atoms with Gasteiger partial charge in [0.15, 0.2) is 0 Å². The highest BCUT2D eigenvalue weighted by molar-refractivity contribution is 5.50. The molecule has 1 rings (SSSR count). The molecule has 0 fully saturated rings. The molecule has 76 valence electrons. The zero-order chi connectivity index (χ0) is 10.2. The smallest absolute Gasteiger partial charge is 0.101 e. The first-order valence-electron chi connectivity index (χ1n) is 5.24. The first kappa shape index (κ1) is 11.0. The van der Waals surface area contributed by atoms with Crippen molar-refractivity contribution in [3.63, 3.8) is 0 Å². The third kappa shape index (κ3) is 4.22. The van der Waals surface area contributed by atoms with Crippen LogP contribution < -0.4 is 0 Å². The molecule has 0 unspecified atom stereocenters. The standard InChI is InChI=1S/C13H17F/c1-2-3-5-10-13(14)11-12-8-6-4-7-9-12/h4,6-9,11H,2-3,5,10H2,1H3/b13-11-. The van der Waals surface area contributed by atoms with Crippen molar-refractivity contribution in [2.24, 2.45) is 0 Å². The van der Waals surface area contributed by atoms with Gasteiger partial charge in [0.2, 0.25) is 0 Å². The molecular formula is C13H17F. The van der Waals surface area contributed by atoms with Gasteiger partial charge in [0, 0.05) is 0 Å². The van der Waals surface area contributed by atoms with E-state index in [4.69, 9.17) is 0 Å². The van der Waals surface area contributed by atoms with Crippen LogP contribution in [0.5, 0.6) is 0 Å². The summed E-state index contributed by atoms with van der Waals surface area (Å²) < 4.78 is 13.3. The molecule has 0 aliphatic carbocycles. The Morgan fingerprint density at radius 2 is 1.93 bits per heavy atom. The Morgan fingerprint density at radius 1 is 1.21 bits per heavy atom. The maximum atomic E-state index is 13.3. The molecule has 0 nitrogen and oxygen atoms in total. The monoisotopic (exact) mass is 192 g/mol. The van der Waals surface area contributed by atoms with Gasteiger partial charge >= 0.3 is 0 Å². The summed E-state index contributed by atoms with van der Waals surface area (Å²) in [6.45, 7) is 2.12. The fourth-order valence-corrected chi connectivity index (χ4v) is 1.35. The van der Waals surface area contributed by atoms with Crippen LogP contribution in [-0.4, -0.2) is 0 Å². The first-order chi connectivity index (χ1) is 6.83. The summed E-state index contributed by atoms with van der Waals surface area (Å²) in [5, 5.41) is 0. The second-order valence-corrected chi connectivity index (χ2v) is 3.46. The maximum Gasteiger partial charge on any atom is 0.101 e. The van der Waals surface area contributed by atoms with Crippen LogP contribution in [0.4, 0.5) is 4.39 Å². The van der Waals surface area contributed by atoms with Gasteiger partial charge in [-0.05, 0) is 24.5 Å². The third-order valence-electron chi connectivity index (χ3n) is 2.14. The van der Waals surface area contributed by atoms with Gasteiger partial charge < -0.3 is 0 Å². The van der Waals surface area contributed by atoms with Crippen molar-refractivity contribution in [2.75, 3.05) is 0 Å². The minimum atomic E-state index is -0.00958. The molecule has 1 heteroatoms. The minimum absolute atomic E-state index is 0.00958. The largest absolute Gasteiger partial charge is 0.212 e. The van der Waals surface area contributed by atoms with Crippen LogP contribution in [0.2, 0.25) is 0 Å². The van der Waals surface area contributed by atoms with Crippen LogP contribution in [-0.2, 0) is 0 Å². The molecule has 1 aromatic rings. The van der Waals surface area contributed by atoms with Gasteiger partial charge in [-0.3, -0.25) is 0 Å². The Labute approximate surface area is 85.5 Å². The molecule has 0 aliphatic rings. The molecule has 0 N–H and O–H groups in total. The number of halogens is 1. The van der Waals surface area contributed by atoms with Crippen LogP contribution in [0.15, 0.2) is 36.2 Å². The molecule has 0 aliphatic heterocycles. The highest BCUT2D eigenvalue weighted by Crippen LogP contribution is 2.14. The summed E-state index contributed by atoms with van der Waals surface area (Å²) in [6, 6.07) is 9.61. The summed E-state index contributed by atoms with van der Waals surface area (Å²) in [5.41, 5.74) is 0.946. The van der Waals surface area contributed by atoms with E-state index in [2.05, 4.69) is 6.92 Å². The summed E-state index contributed by atoms with van der Waals surface area (Å²) >= 11 is 0. The van der Waals surface area contributed by atoms with E-state index in [1.54, 1.807) is 6.08 Å². The Bertz CT molecular complexity index is 275. The lowest BCUT2D eigenvalue weighted by Crippen LogP contribution is -1.78. The number of hydrogen-bond donors (Lipinski definition) is 0. The zero-order valence-electron chi connectivity index (χ0n) is 8.67. The number of unbranched alkanes of at least 4 members (excludes halogenated alkanes) is 2. The fraction of sp³-hybridized carbons (Fsp3) is 0.385. The molecule has 14 heavy (non-hydrogen) atoms. The van der Waals surface area contributed by atoms with E-state index >= 15 is 0 Å². The SMILES string of the molecule is CCCCC/C(F)=C/c1ccccc1. The first-order valence-corrected chi connectivity index (χ1v) is 5.24. The van der Waals surface area contributed by atoms with E-state index in [0.29, 0.717) is 6.42 Å². The van der Waals surface area contributed by atoms with E-state index in [1.807, 2.05) is 30.3 Å².